The van der Waals surface area contributed by atoms with Gasteiger partial charge in [0.25, 0.3) is 0 Å². The van der Waals surface area contributed by atoms with Gasteiger partial charge < -0.3 is 5.73 Å². The molecule has 2 N–H and O–H groups in total. The fraction of sp³-hybridized carbons (Fsp3) is 0.143. The van der Waals surface area contributed by atoms with Gasteiger partial charge >= 0.3 is 0 Å². The van der Waals surface area contributed by atoms with Crippen LogP contribution >= 0.6 is 39.1 Å². The number of nitrogens with two attached hydrogens (primary N) is 1. The Morgan fingerprint density at radius 1 is 1.16 bits per heavy atom. The van der Waals surface area contributed by atoms with E-state index in [1.807, 2.05) is 6.07 Å². The molecule has 0 fully saturated rings. The first-order valence-electron chi connectivity index (χ1n) is 5.62. The zero-order valence-corrected chi connectivity index (χ0v) is 12.9. The Morgan fingerprint density at radius 3 is 2.53 bits per heavy atom. The lowest BCUT2D eigenvalue weighted by molar-refractivity contribution is 0.626. The van der Waals surface area contributed by atoms with Crippen LogP contribution in [0.15, 0.2) is 40.9 Å². The summed E-state index contributed by atoms with van der Waals surface area (Å²) < 4.78 is 13.9. The molecule has 0 saturated carbocycles. The molecule has 0 radical (unpaired) electrons. The minimum absolute atomic E-state index is 0.111. The summed E-state index contributed by atoms with van der Waals surface area (Å²) in [5, 5.41) is 0.757. The van der Waals surface area contributed by atoms with Gasteiger partial charge in [0.1, 0.15) is 5.82 Å². The van der Waals surface area contributed by atoms with Gasteiger partial charge in [0.15, 0.2) is 0 Å². The highest BCUT2D eigenvalue weighted by Gasteiger charge is 2.12. The standard InChI is InChI=1S/C14H11BrCl2FN/c15-11-7-9(16)2-3-10(11)14(19)6-8-1-4-13(18)12(17)5-8/h1-5,7,14H,6,19H2. The first-order valence-corrected chi connectivity index (χ1v) is 7.16. The Morgan fingerprint density at radius 2 is 1.89 bits per heavy atom. The van der Waals surface area contributed by atoms with Crippen molar-refractivity contribution in [2.75, 3.05) is 0 Å². The third-order valence-electron chi connectivity index (χ3n) is 2.80. The first-order chi connectivity index (χ1) is 8.97. The van der Waals surface area contributed by atoms with Gasteiger partial charge in [-0.1, -0.05) is 51.3 Å². The molecular formula is C14H11BrCl2FN. The number of hydrogen-bond acceptors (Lipinski definition) is 1. The van der Waals surface area contributed by atoms with Gasteiger partial charge in [-0.15, -0.1) is 0 Å². The van der Waals surface area contributed by atoms with E-state index in [1.54, 1.807) is 24.3 Å². The summed E-state index contributed by atoms with van der Waals surface area (Å²) >= 11 is 15.1. The molecule has 1 atom stereocenters. The number of benzene rings is 2. The van der Waals surface area contributed by atoms with E-state index in [4.69, 9.17) is 28.9 Å². The van der Waals surface area contributed by atoms with Gasteiger partial charge in [0.05, 0.1) is 5.02 Å². The molecule has 1 nitrogen and oxygen atoms in total. The average Bonchev–Trinajstić information content (AvgIpc) is 2.33. The van der Waals surface area contributed by atoms with Gasteiger partial charge in [-0.05, 0) is 41.8 Å². The topological polar surface area (TPSA) is 26.0 Å². The SMILES string of the molecule is NC(Cc1ccc(F)c(Cl)c1)c1ccc(Cl)cc1Br. The summed E-state index contributed by atoms with van der Waals surface area (Å²) in [5.41, 5.74) is 7.99. The van der Waals surface area contributed by atoms with Crippen molar-refractivity contribution in [1.29, 1.82) is 0 Å². The van der Waals surface area contributed by atoms with Crippen LogP contribution in [0, 0.1) is 5.82 Å². The van der Waals surface area contributed by atoms with Crippen LogP contribution in [0.1, 0.15) is 17.2 Å². The van der Waals surface area contributed by atoms with E-state index in [0.29, 0.717) is 11.4 Å². The molecule has 19 heavy (non-hydrogen) atoms. The van der Waals surface area contributed by atoms with E-state index in [2.05, 4.69) is 15.9 Å². The summed E-state index contributed by atoms with van der Waals surface area (Å²) in [6.45, 7) is 0. The quantitative estimate of drug-likeness (QED) is 0.803. The molecule has 0 aliphatic heterocycles. The van der Waals surface area contributed by atoms with Gasteiger partial charge in [-0.25, -0.2) is 4.39 Å². The minimum atomic E-state index is -0.424. The van der Waals surface area contributed by atoms with E-state index in [1.165, 1.54) is 6.07 Å². The van der Waals surface area contributed by atoms with Gasteiger partial charge in [-0.2, -0.15) is 0 Å². The Labute approximate surface area is 129 Å². The highest BCUT2D eigenvalue weighted by atomic mass is 79.9. The monoisotopic (exact) mass is 361 g/mol. The predicted molar refractivity (Wildman–Crippen MR) is 81.2 cm³/mol. The highest BCUT2D eigenvalue weighted by Crippen LogP contribution is 2.28. The lowest BCUT2D eigenvalue weighted by Crippen LogP contribution is -2.14. The molecule has 0 saturated heterocycles. The lowest BCUT2D eigenvalue weighted by atomic mass is 10.00. The van der Waals surface area contributed by atoms with Crippen molar-refractivity contribution < 1.29 is 4.39 Å². The summed E-state index contributed by atoms with van der Waals surface area (Å²) in [7, 11) is 0. The zero-order chi connectivity index (χ0) is 14.0. The van der Waals surface area contributed by atoms with Crippen molar-refractivity contribution in [1.82, 2.24) is 0 Å². The van der Waals surface area contributed by atoms with Crippen molar-refractivity contribution in [2.24, 2.45) is 5.73 Å². The van der Waals surface area contributed by atoms with Crippen LogP contribution < -0.4 is 5.73 Å². The van der Waals surface area contributed by atoms with Crippen molar-refractivity contribution in [3.05, 3.63) is 67.9 Å². The van der Waals surface area contributed by atoms with Crippen LogP contribution in [-0.4, -0.2) is 0 Å². The zero-order valence-electron chi connectivity index (χ0n) is 9.84. The van der Waals surface area contributed by atoms with Crippen molar-refractivity contribution in [3.8, 4) is 0 Å². The molecule has 0 amide bonds. The molecule has 2 rings (SSSR count). The molecule has 5 heteroatoms. The average molecular weight is 363 g/mol. The molecule has 100 valence electrons. The van der Waals surface area contributed by atoms with E-state index < -0.39 is 5.82 Å². The third-order valence-corrected chi connectivity index (χ3v) is 4.01. The minimum Gasteiger partial charge on any atom is -0.324 e. The third kappa shape index (κ3) is 3.69. The summed E-state index contributed by atoms with van der Waals surface area (Å²) in [5.74, 6) is -0.424. The largest absolute Gasteiger partial charge is 0.324 e. The number of rotatable bonds is 3. The molecule has 0 heterocycles. The second-order valence-electron chi connectivity index (χ2n) is 4.22. The summed E-state index contributed by atoms with van der Waals surface area (Å²) in [6, 6.07) is 9.89. The molecule has 0 aliphatic carbocycles. The molecule has 0 aliphatic rings. The molecule has 0 bridgehead atoms. The number of halogens is 4. The second-order valence-corrected chi connectivity index (χ2v) is 5.92. The first kappa shape index (κ1) is 14.8. The van der Waals surface area contributed by atoms with Crippen molar-refractivity contribution >= 4 is 39.1 Å². The van der Waals surface area contributed by atoms with Crippen molar-refractivity contribution in [3.63, 3.8) is 0 Å². The van der Waals surface area contributed by atoms with E-state index in [9.17, 15) is 4.39 Å². The van der Waals surface area contributed by atoms with Crippen LogP contribution in [0.3, 0.4) is 0 Å². The lowest BCUT2D eigenvalue weighted by Gasteiger charge is -2.14. The maximum absolute atomic E-state index is 13.1. The van der Waals surface area contributed by atoms with Crippen LogP contribution in [-0.2, 0) is 6.42 Å². The normalized spacial score (nSPS) is 12.5. The Kier molecular flexibility index (Phi) is 4.85. The maximum atomic E-state index is 13.1. The van der Waals surface area contributed by atoms with Crippen LogP contribution in [0.25, 0.3) is 0 Å². The molecule has 1 unspecified atom stereocenters. The van der Waals surface area contributed by atoms with Gasteiger partial charge in [0, 0.05) is 15.5 Å². The second kappa shape index (κ2) is 6.23. The predicted octanol–water partition coefficient (Wildman–Crippen LogP) is 5.14. The fourth-order valence-electron chi connectivity index (χ4n) is 1.83. The smallest absolute Gasteiger partial charge is 0.141 e. The molecule has 2 aromatic carbocycles. The Bertz CT molecular complexity index is 604. The van der Waals surface area contributed by atoms with Crippen LogP contribution in [0.5, 0.6) is 0 Å². The van der Waals surface area contributed by atoms with Crippen LogP contribution in [0.2, 0.25) is 10.0 Å². The molecule has 2 aromatic rings. The van der Waals surface area contributed by atoms with Gasteiger partial charge in [-0.3, -0.25) is 0 Å². The van der Waals surface area contributed by atoms with E-state index in [-0.39, 0.29) is 11.1 Å². The van der Waals surface area contributed by atoms with Crippen LogP contribution in [0.4, 0.5) is 4.39 Å². The summed E-state index contributed by atoms with van der Waals surface area (Å²) in [6.07, 6.45) is 0.570. The van der Waals surface area contributed by atoms with Gasteiger partial charge in [0.2, 0.25) is 0 Å². The Hall–Kier alpha value is -0.610. The van der Waals surface area contributed by atoms with Crippen molar-refractivity contribution in [2.45, 2.75) is 12.5 Å². The summed E-state index contributed by atoms with van der Waals surface area (Å²) in [4.78, 5) is 0. The van der Waals surface area contributed by atoms with E-state index in [0.717, 1.165) is 15.6 Å². The van der Waals surface area contributed by atoms with E-state index >= 15 is 0 Å². The molecule has 0 aromatic heterocycles. The fourth-order valence-corrected chi connectivity index (χ4v) is 3.01. The maximum Gasteiger partial charge on any atom is 0.141 e. The Balaban J connectivity index is 2.20. The highest BCUT2D eigenvalue weighted by molar-refractivity contribution is 9.10. The molecular weight excluding hydrogens is 352 g/mol. The number of hydrogen-bond donors (Lipinski definition) is 1. The molecule has 0 spiro atoms.